The Morgan fingerprint density at radius 2 is 1.80 bits per heavy atom. The first kappa shape index (κ1) is 12.1. The molecule has 4 heteroatoms. The number of para-hydroxylation sites is 1. The third-order valence-electron chi connectivity index (χ3n) is 4.56. The number of anilines is 1. The van der Waals surface area contributed by atoms with E-state index in [4.69, 9.17) is 0 Å². The number of aromatic nitrogens is 1. The second kappa shape index (κ2) is 5.04. The zero-order valence-electron chi connectivity index (χ0n) is 11.6. The minimum atomic E-state index is 0.770. The number of hydrogen-bond acceptors (Lipinski definition) is 4. The fourth-order valence-electron chi connectivity index (χ4n) is 3.22. The van der Waals surface area contributed by atoms with Crippen molar-refractivity contribution in [1.82, 2.24) is 15.2 Å². The molecule has 104 valence electrons. The molecule has 0 radical (unpaired) electrons. The highest BCUT2D eigenvalue weighted by Crippen LogP contribution is 2.26. The molecule has 2 aliphatic rings. The Kier molecular flexibility index (Phi) is 3.05. The van der Waals surface area contributed by atoms with E-state index >= 15 is 0 Å². The number of nitrogens with one attached hydrogen (secondary N) is 1. The van der Waals surface area contributed by atoms with Crippen molar-refractivity contribution in [3.63, 3.8) is 0 Å². The normalized spacial score (nSPS) is 21.1. The maximum atomic E-state index is 4.46. The van der Waals surface area contributed by atoms with Gasteiger partial charge in [-0.3, -0.25) is 9.88 Å². The van der Waals surface area contributed by atoms with Crippen LogP contribution in [0.2, 0.25) is 0 Å². The predicted octanol–water partition coefficient (Wildman–Crippen LogP) is 1.33. The number of nitrogens with zero attached hydrogens (tertiary/aromatic N) is 3. The van der Waals surface area contributed by atoms with Gasteiger partial charge in [0.2, 0.25) is 0 Å². The maximum Gasteiger partial charge on any atom is 0.0722 e. The van der Waals surface area contributed by atoms with Crippen molar-refractivity contribution >= 4 is 16.6 Å². The van der Waals surface area contributed by atoms with Gasteiger partial charge in [-0.2, -0.15) is 0 Å². The monoisotopic (exact) mass is 268 g/mol. The van der Waals surface area contributed by atoms with E-state index in [2.05, 4.69) is 50.4 Å². The highest BCUT2D eigenvalue weighted by molar-refractivity contribution is 5.91. The quantitative estimate of drug-likeness (QED) is 0.890. The first-order valence-corrected chi connectivity index (χ1v) is 7.45. The second-order valence-corrected chi connectivity index (χ2v) is 5.68. The Bertz CT molecular complexity index is 595. The third kappa shape index (κ3) is 2.05. The number of hydrogen-bond donors (Lipinski definition) is 1. The molecule has 4 nitrogen and oxygen atoms in total. The molecule has 20 heavy (non-hydrogen) atoms. The Morgan fingerprint density at radius 3 is 2.55 bits per heavy atom. The van der Waals surface area contributed by atoms with Crippen molar-refractivity contribution < 1.29 is 0 Å². The summed E-state index contributed by atoms with van der Waals surface area (Å²) >= 11 is 0. The van der Waals surface area contributed by atoms with Gasteiger partial charge in [0.25, 0.3) is 0 Å². The van der Waals surface area contributed by atoms with Crippen LogP contribution in [0.3, 0.4) is 0 Å². The summed E-state index contributed by atoms with van der Waals surface area (Å²) in [5.41, 5.74) is 2.43. The van der Waals surface area contributed by atoms with E-state index in [1.165, 1.54) is 24.2 Å². The lowest BCUT2D eigenvalue weighted by atomic mass is 10.1. The Hall–Kier alpha value is -1.65. The van der Waals surface area contributed by atoms with Crippen molar-refractivity contribution in [2.45, 2.75) is 6.04 Å². The zero-order valence-corrected chi connectivity index (χ0v) is 11.6. The molecular weight excluding hydrogens is 248 g/mol. The Morgan fingerprint density at radius 1 is 1.00 bits per heavy atom. The SMILES string of the molecule is c1ccc2c(N3CCN(C4CNC4)CC3)ccnc2c1. The van der Waals surface area contributed by atoms with Gasteiger partial charge in [-0.1, -0.05) is 18.2 Å². The molecule has 2 saturated heterocycles. The zero-order chi connectivity index (χ0) is 13.4. The van der Waals surface area contributed by atoms with E-state index in [0.717, 1.165) is 37.7 Å². The van der Waals surface area contributed by atoms with E-state index in [9.17, 15) is 0 Å². The van der Waals surface area contributed by atoms with Crippen LogP contribution in [0.4, 0.5) is 5.69 Å². The van der Waals surface area contributed by atoms with Gasteiger partial charge in [0.05, 0.1) is 5.52 Å². The molecule has 1 aromatic heterocycles. The first-order chi connectivity index (χ1) is 9.92. The molecule has 4 rings (SSSR count). The summed E-state index contributed by atoms with van der Waals surface area (Å²) in [6.07, 6.45) is 1.93. The molecule has 2 fully saturated rings. The lowest BCUT2D eigenvalue weighted by Gasteiger charge is -2.44. The van der Waals surface area contributed by atoms with Gasteiger partial charge < -0.3 is 10.2 Å². The van der Waals surface area contributed by atoms with Crippen LogP contribution in [0.15, 0.2) is 36.5 Å². The molecule has 1 aromatic carbocycles. The van der Waals surface area contributed by atoms with Crippen LogP contribution in [-0.4, -0.2) is 55.2 Å². The molecule has 0 saturated carbocycles. The average molecular weight is 268 g/mol. The van der Waals surface area contributed by atoms with Gasteiger partial charge in [-0.15, -0.1) is 0 Å². The number of benzene rings is 1. The molecule has 0 amide bonds. The average Bonchev–Trinajstić information content (AvgIpc) is 2.46. The van der Waals surface area contributed by atoms with Crippen LogP contribution in [0.5, 0.6) is 0 Å². The van der Waals surface area contributed by atoms with E-state index in [-0.39, 0.29) is 0 Å². The molecular formula is C16H20N4. The Labute approximate surface area is 119 Å². The van der Waals surface area contributed by atoms with E-state index < -0.39 is 0 Å². The molecule has 0 aliphatic carbocycles. The number of fused-ring (bicyclic) bond motifs is 1. The molecule has 0 bridgehead atoms. The first-order valence-electron chi connectivity index (χ1n) is 7.45. The highest BCUT2D eigenvalue weighted by atomic mass is 15.3. The van der Waals surface area contributed by atoms with Crippen molar-refractivity contribution in [3.8, 4) is 0 Å². The fourth-order valence-corrected chi connectivity index (χ4v) is 3.22. The molecule has 2 aromatic rings. The second-order valence-electron chi connectivity index (χ2n) is 5.68. The van der Waals surface area contributed by atoms with Gasteiger partial charge in [0.1, 0.15) is 0 Å². The highest BCUT2D eigenvalue weighted by Gasteiger charge is 2.28. The predicted molar refractivity (Wildman–Crippen MR) is 82.2 cm³/mol. The van der Waals surface area contributed by atoms with Gasteiger partial charge in [-0.05, 0) is 12.1 Å². The van der Waals surface area contributed by atoms with Crippen LogP contribution in [-0.2, 0) is 0 Å². The van der Waals surface area contributed by atoms with Crippen LogP contribution in [0.1, 0.15) is 0 Å². The van der Waals surface area contributed by atoms with Crippen molar-refractivity contribution in [2.75, 3.05) is 44.2 Å². The lowest BCUT2D eigenvalue weighted by Crippen LogP contribution is -2.61. The van der Waals surface area contributed by atoms with E-state index in [1.807, 2.05) is 6.20 Å². The summed E-state index contributed by atoms with van der Waals surface area (Å²) in [5.74, 6) is 0. The van der Waals surface area contributed by atoms with Gasteiger partial charge in [-0.25, -0.2) is 0 Å². The van der Waals surface area contributed by atoms with Crippen LogP contribution in [0.25, 0.3) is 10.9 Å². The summed E-state index contributed by atoms with van der Waals surface area (Å²) in [7, 11) is 0. The molecule has 3 heterocycles. The molecule has 0 unspecified atom stereocenters. The Balaban J connectivity index is 1.55. The largest absolute Gasteiger partial charge is 0.368 e. The number of rotatable bonds is 2. The topological polar surface area (TPSA) is 31.4 Å². The molecule has 2 aliphatic heterocycles. The maximum absolute atomic E-state index is 4.46. The number of pyridine rings is 1. The van der Waals surface area contributed by atoms with Gasteiger partial charge in [0, 0.05) is 62.6 Å². The van der Waals surface area contributed by atoms with Crippen LogP contribution < -0.4 is 10.2 Å². The van der Waals surface area contributed by atoms with Crippen LogP contribution >= 0.6 is 0 Å². The summed E-state index contributed by atoms with van der Waals surface area (Å²) in [6, 6.07) is 11.4. The molecule has 0 spiro atoms. The number of piperazine rings is 1. The minimum Gasteiger partial charge on any atom is -0.368 e. The van der Waals surface area contributed by atoms with E-state index in [1.54, 1.807) is 0 Å². The summed E-state index contributed by atoms with van der Waals surface area (Å²) in [5, 5.41) is 4.63. The third-order valence-corrected chi connectivity index (χ3v) is 4.56. The standard InChI is InChI=1S/C16H20N4/c1-2-4-15-14(3-1)16(5-6-18-15)20-9-7-19(8-10-20)13-11-17-12-13/h1-6,13,17H,7-12H2. The molecule has 1 N–H and O–H groups in total. The lowest BCUT2D eigenvalue weighted by molar-refractivity contribution is 0.138. The summed E-state index contributed by atoms with van der Waals surface area (Å²) in [4.78, 5) is 9.58. The summed E-state index contributed by atoms with van der Waals surface area (Å²) < 4.78 is 0. The molecule has 0 atom stereocenters. The van der Waals surface area contributed by atoms with Crippen molar-refractivity contribution in [3.05, 3.63) is 36.5 Å². The van der Waals surface area contributed by atoms with Crippen molar-refractivity contribution in [2.24, 2.45) is 0 Å². The van der Waals surface area contributed by atoms with Gasteiger partial charge in [0.15, 0.2) is 0 Å². The fraction of sp³-hybridized carbons (Fsp3) is 0.438. The summed E-state index contributed by atoms with van der Waals surface area (Å²) in [6.45, 7) is 6.90. The van der Waals surface area contributed by atoms with E-state index in [0.29, 0.717) is 0 Å². The smallest absolute Gasteiger partial charge is 0.0722 e. The minimum absolute atomic E-state index is 0.770. The van der Waals surface area contributed by atoms with Gasteiger partial charge >= 0.3 is 0 Å². The van der Waals surface area contributed by atoms with Crippen molar-refractivity contribution in [1.29, 1.82) is 0 Å². The van der Waals surface area contributed by atoms with Crippen LogP contribution in [0, 0.1) is 0 Å².